The molecule has 6 rings (SSSR count). The smallest absolute Gasteiger partial charge is 0.268 e. The zero-order chi connectivity index (χ0) is 25.5. The lowest BCUT2D eigenvalue weighted by Crippen LogP contribution is -2.52. The fraction of sp³-hybridized carbons (Fsp3) is 0.357. The van der Waals surface area contributed by atoms with Crippen molar-refractivity contribution in [1.29, 1.82) is 0 Å². The molecule has 0 spiro atoms. The lowest BCUT2D eigenvalue weighted by Gasteiger charge is -2.40. The highest BCUT2D eigenvalue weighted by molar-refractivity contribution is 6.35. The second-order valence-corrected chi connectivity index (χ2v) is 11.0. The standard InChI is InChI=1S/C28H28Cl2N4O2/c1-14-11-17(12-15(2)23(14)30)36-10-6-7-18-19-8-9-20(29)22-21-16(3)33(5)32-26(21)28(4)13-31-27(35)25(18)34(28)24(19)22/h8-9,11-12H,6-7,10,13H2,1-5H3,(H,31,35)/t28-/m1/s1. The number of carbonyl (C=O) groups is 1. The summed E-state index contributed by atoms with van der Waals surface area (Å²) in [5.74, 6) is 0.759. The highest BCUT2D eigenvalue weighted by atomic mass is 35.5. The van der Waals surface area contributed by atoms with Gasteiger partial charge in [-0.25, -0.2) is 0 Å². The van der Waals surface area contributed by atoms with Crippen LogP contribution in [0.15, 0.2) is 24.3 Å². The van der Waals surface area contributed by atoms with Crippen molar-refractivity contribution in [2.75, 3.05) is 13.2 Å². The molecular formula is C28H28Cl2N4O2. The van der Waals surface area contributed by atoms with Gasteiger partial charge < -0.3 is 14.6 Å². The molecule has 0 unspecified atom stereocenters. The normalized spacial score (nSPS) is 17.9. The van der Waals surface area contributed by atoms with E-state index in [1.54, 1.807) is 0 Å². The van der Waals surface area contributed by atoms with E-state index in [9.17, 15) is 4.79 Å². The van der Waals surface area contributed by atoms with Crippen LogP contribution in [0.2, 0.25) is 10.0 Å². The zero-order valence-corrected chi connectivity index (χ0v) is 22.6. The predicted octanol–water partition coefficient (Wildman–Crippen LogP) is 6.11. The number of fused-ring (bicyclic) bond motifs is 3. The summed E-state index contributed by atoms with van der Waals surface area (Å²) in [5.41, 5.74) is 8.33. The molecule has 0 radical (unpaired) electrons. The van der Waals surface area contributed by atoms with Crippen molar-refractivity contribution in [3.8, 4) is 16.9 Å². The number of nitrogens with one attached hydrogen (secondary N) is 1. The summed E-state index contributed by atoms with van der Waals surface area (Å²) in [4.78, 5) is 13.3. The molecule has 36 heavy (non-hydrogen) atoms. The minimum absolute atomic E-state index is 0.0540. The first kappa shape index (κ1) is 23.4. The third-order valence-corrected chi connectivity index (χ3v) is 8.74. The van der Waals surface area contributed by atoms with Crippen LogP contribution in [-0.4, -0.2) is 33.4 Å². The van der Waals surface area contributed by atoms with Gasteiger partial charge in [0, 0.05) is 40.8 Å². The molecule has 2 aliphatic heterocycles. The Labute approximate surface area is 220 Å². The Kier molecular flexibility index (Phi) is 5.22. The van der Waals surface area contributed by atoms with Gasteiger partial charge in [-0.3, -0.25) is 9.48 Å². The molecule has 6 nitrogen and oxygen atoms in total. The minimum Gasteiger partial charge on any atom is -0.494 e. The highest BCUT2D eigenvalue weighted by Gasteiger charge is 2.47. The fourth-order valence-electron chi connectivity index (χ4n) is 5.96. The van der Waals surface area contributed by atoms with Gasteiger partial charge in [0.15, 0.2) is 0 Å². The van der Waals surface area contributed by atoms with Gasteiger partial charge in [-0.1, -0.05) is 29.3 Å². The first-order valence-electron chi connectivity index (χ1n) is 12.2. The molecule has 186 valence electrons. The maximum Gasteiger partial charge on any atom is 0.268 e. The van der Waals surface area contributed by atoms with Crippen molar-refractivity contribution in [1.82, 2.24) is 19.7 Å². The number of nitrogens with zero attached hydrogens (tertiary/aromatic N) is 3. The average Bonchev–Trinajstić information content (AvgIpc) is 3.34. The number of halogens is 2. The second-order valence-electron chi connectivity index (χ2n) is 10.2. The van der Waals surface area contributed by atoms with Crippen LogP contribution in [-0.2, 0) is 19.0 Å². The van der Waals surface area contributed by atoms with Gasteiger partial charge in [0.2, 0.25) is 0 Å². The third kappa shape index (κ3) is 3.10. The van der Waals surface area contributed by atoms with Crippen LogP contribution in [0.5, 0.6) is 5.75 Å². The summed E-state index contributed by atoms with van der Waals surface area (Å²) >= 11 is 13.1. The maximum absolute atomic E-state index is 13.3. The first-order valence-corrected chi connectivity index (χ1v) is 13.0. The van der Waals surface area contributed by atoms with E-state index in [0.717, 1.165) is 67.3 Å². The van der Waals surface area contributed by atoms with Crippen molar-refractivity contribution < 1.29 is 9.53 Å². The summed E-state index contributed by atoms with van der Waals surface area (Å²) in [6, 6.07) is 7.93. The molecule has 4 aromatic rings. The minimum atomic E-state index is -0.492. The Balaban J connectivity index is 1.43. The summed E-state index contributed by atoms with van der Waals surface area (Å²) in [6.07, 6.45) is 1.47. The van der Waals surface area contributed by atoms with Gasteiger partial charge in [0.1, 0.15) is 17.0 Å². The van der Waals surface area contributed by atoms with Crippen molar-refractivity contribution in [2.45, 2.75) is 46.1 Å². The molecule has 1 N–H and O–H groups in total. The fourth-order valence-corrected chi connectivity index (χ4v) is 6.31. The molecule has 0 aliphatic carbocycles. The Morgan fingerprint density at radius 3 is 2.58 bits per heavy atom. The summed E-state index contributed by atoms with van der Waals surface area (Å²) in [6.45, 7) is 9.21. The van der Waals surface area contributed by atoms with Crippen molar-refractivity contribution in [3.05, 3.63) is 68.1 Å². The van der Waals surface area contributed by atoms with Crippen LogP contribution in [0.3, 0.4) is 0 Å². The van der Waals surface area contributed by atoms with Gasteiger partial charge in [-0.05, 0) is 75.4 Å². The highest BCUT2D eigenvalue weighted by Crippen LogP contribution is 2.51. The number of ether oxygens (including phenoxy) is 1. The number of rotatable bonds is 5. The lowest BCUT2D eigenvalue weighted by atomic mass is 9.84. The van der Waals surface area contributed by atoms with Crippen LogP contribution < -0.4 is 10.1 Å². The molecule has 0 saturated heterocycles. The van der Waals surface area contributed by atoms with Crippen LogP contribution in [0, 0.1) is 20.8 Å². The number of aromatic nitrogens is 3. The number of hydrogen-bond donors (Lipinski definition) is 1. The summed E-state index contributed by atoms with van der Waals surface area (Å²) in [7, 11) is 1.96. The molecule has 2 aromatic heterocycles. The maximum atomic E-state index is 13.3. The van der Waals surface area contributed by atoms with Crippen LogP contribution >= 0.6 is 23.2 Å². The quantitative estimate of drug-likeness (QED) is 0.322. The summed E-state index contributed by atoms with van der Waals surface area (Å²) < 4.78 is 10.2. The largest absolute Gasteiger partial charge is 0.494 e. The van der Waals surface area contributed by atoms with Gasteiger partial charge in [-0.15, -0.1) is 0 Å². The molecule has 4 heterocycles. The molecule has 8 heteroatoms. The van der Waals surface area contributed by atoms with Gasteiger partial charge in [0.25, 0.3) is 5.91 Å². The van der Waals surface area contributed by atoms with E-state index in [1.165, 1.54) is 0 Å². The molecular weight excluding hydrogens is 495 g/mol. The van der Waals surface area contributed by atoms with Gasteiger partial charge >= 0.3 is 0 Å². The first-order chi connectivity index (χ1) is 17.1. The van der Waals surface area contributed by atoms with Gasteiger partial charge in [0.05, 0.1) is 22.8 Å². The van der Waals surface area contributed by atoms with Crippen LogP contribution in [0.25, 0.3) is 22.0 Å². The number of amides is 1. The van der Waals surface area contributed by atoms with Crippen molar-refractivity contribution >= 4 is 40.0 Å². The van der Waals surface area contributed by atoms with E-state index in [4.69, 9.17) is 33.0 Å². The molecule has 0 fully saturated rings. The number of aryl methyl sites for hydroxylation is 4. The van der Waals surface area contributed by atoms with E-state index < -0.39 is 5.54 Å². The van der Waals surface area contributed by atoms with Crippen LogP contribution in [0.1, 0.15) is 51.9 Å². The number of hydrogen-bond acceptors (Lipinski definition) is 3. The average molecular weight is 523 g/mol. The SMILES string of the molecule is Cc1cc(OCCCc2c3n4c5c(c(Cl)ccc25)-c2c(nn(C)c2C)[C@@]4(C)CNC3=O)cc(C)c1Cl. The van der Waals surface area contributed by atoms with E-state index in [0.29, 0.717) is 30.3 Å². The predicted molar refractivity (Wildman–Crippen MR) is 144 cm³/mol. The molecule has 2 aromatic carbocycles. The molecule has 1 amide bonds. The molecule has 1 atom stereocenters. The molecule has 2 aliphatic rings. The van der Waals surface area contributed by atoms with E-state index >= 15 is 0 Å². The monoisotopic (exact) mass is 522 g/mol. The van der Waals surface area contributed by atoms with E-state index in [-0.39, 0.29) is 5.91 Å². The zero-order valence-electron chi connectivity index (χ0n) is 21.1. The van der Waals surface area contributed by atoms with Crippen molar-refractivity contribution in [2.24, 2.45) is 7.05 Å². The number of carbonyl (C=O) groups excluding carboxylic acids is 1. The topological polar surface area (TPSA) is 61.1 Å². The summed E-state index contributed by atoms with van der Waals surface area (Å²) in [5, 5.41) is 10.6. The van der Waals surface area contributed by atoms with E-state index in [1.807, 2.05) is 43.8 Å². The Bertz CT molecular complexity index is 1580. The molecule has 0 saturated carbocycles. The lowest BCUT2D eigenvalue weighted by molar-refractivity contribution is 0.0896. The Morgan fingerprint density at radius 2 is 1.86 bits per heavy atom. The van der Waals surface area contributed by atoms with E-state index in [2.05, 4.69) is 29.8 Å². The molecule has 0 bridgehead atoms. The number of benzene rings is 2. The third-order valence-electron chi connectivity index (χ3n) is 7.83. The van der Waals surface area contributed by atoms with Gasteiger partial charge in [-0.2, -0.15) is 5.10 Å². The second kappa shape index (κ2) is 8.02. The van der Waals surface area contributed by atoms with Crippen LogP contribution in [0.4, 0.5) is 0 Å². The Morgan fingerprint density at radius 1 is 1.14 bits per heavy atom. The Hall–Kier alpha value is -2.96. The van der Waals surface area contributed by atoms with Crippen molar-refractivity contribution in [3.63, 3.8) is 0 Å².